The van der Waals surface area contributed by atoms with Gasteiger partial charge in [-0.25, -0.2) is 0 Å². The highest BCUT2D eigenvalue weighted by Gasteiger charge is 2.20. The molecule has 6 nitrogen and oxygen atoms in total. The number of nitro groups is 1. The SMILES string of the molecule is CSc1nnc(Sc2ccc(C(=O)c3ccccc3)cc2[N+](=O)[O-])s1. The average Bonchev–Trinajstić information content (AvgIpc) is 3.09. The fourth-order valence-electron chi connectivity index (χ4n) is 2.06. The molecule has 0 N–H and O–H groups in total. The summed E-state index contributed by atoms with van der Waals surface area (Å²) in [5, 5.41) is 19.4. The Bertz CT molecular complexity index is 929. The van der Waals surface area contributed by atoms with Crippen molar-refractivity contribution in [1.82, 2.24) is 10.2 Å². The number of hydrogen-bond acceptors (Lipinski definition) is 8. The number of hydrogen-bond donors (Lipinski definition) is 0. The van der Waals surface area contributed by atoms with Gasteiger partial charge in [0.05, 0.1) is 9.82 Å². The van der Waals surface area contributed by atoms with Crippen LogP contribution in [-0.2, 0) is 0 Å². The minimum absolute atomic E-state index is 0.118. The Kier molecular flexibility index (Phi) is 5.47. The summed E-state index contributed by atoms with van der Waals surface area (Å²) in [6.45, 7) is 0. The molecule has 3 rings (SSSR count). The van der Waals surface area contributed by atoms with Gasteiger partial charge in [-0.3, -0.25) is 14.9 Å². The lowest BCUT2D eigenvalue weighted by Gasteiger charge is -2.04. The topological polar surface area (TPSA) is 86.0 Å². The van der Waals surface area contributed by atoms with Gasteiger partial charge in [-0.1, -0.05) is 65.2 Å². The number of carbonyl (C=O) groups is 1. The van der Waals surface area contributed by atoms with Gasteiger partial charge in [0.1, 0.15) is 0 Å². The third kappa shape index (κ3) is 4.06. The van der Waals surface area contributed by atoms with Gasteiger partial charge in [0.2, 0.25) is 0 Å². The summed E-state index contributed by atoms with van der Waals surface area (Å²) < 4.78 is 1.41. The molecule has 0 amide bonds. The van der Waals surface area contributed by atoms with E-state index in [1.54, 1.807) is 36.4 Å². The maximum Gasteiger partial charge on any atom is 0.284 e. The van der Waals surface area contributed by atoms with E-state index in [9.17, 15) is 14.9 Å². The number of aromatic nitrogens is 2. The van der Waals surface area contributed by atoms with Crippen LogP contribution in [0, 0.1) is 10.1 Å². The molecule has 1 heterocycles. The molecule has 0 atom stereocenters. The van der Waals surface area contributed by atoms with Crippen molar-refractivity contribution in [3.63, 3.8) is 0 Å². The molecule has 0 saturated carbocycles. The van der Waals surface area contributed by atoms with E-state index in [1.165, 1.54) is 40.9 Å². The minimum Gasteiger partial charge on any atom is -0.289 e. The molecule has 9 heteroatoms. The number of thioether (sulfide) groups is 1. The average molecular weight is 389 g/mol. The number of nitrogens with zero attached hydrogens (tertiary/aromatic N) is 3. The summed E-state index contributed by atoms with van der Waals surface area (Å²) in [6.07, 6.45) is 1.89. The normalized spacial score (nSPS) is 10.6. The van der Waals surface area contributed by atoms with Crippen molar-refractivity contribution in [3.8, 4) is 0 Å². The van der Waals surface area contributed by atoms with Crippen LogP contribution in [0.25, 0.3) is 0 Å². The van der Waals surface area contributed by atoms with Crippen molar-refractivity contribution >= 4 is 46.3 Å². The number of nitro benzene ring substituents is 1. The Morgan fingerprint density at radius 2 is 1.80 bits per heavy atom. The maximum atomic E-state index is 12.5. The van der Waals surface area contributed by atoms with E-state index < -0.39 is 4.92 Å². The van der Waals surface area contributed by atoms with Crippen LogP contribution in [0.2, 0.25) is 0 Å². The molecule has 2 aromatic carbocycles. The highest BCUT2D eigenvalue weighted by Crippen LogP contribution is 2.38. The molecular formula is C16H11N3O3S3. The van der Waals surface area contributed by atoms with Crippen LogP contribution in [0.3, 0.4) is 0 Å². The predicted molar refractivity (Wildman–Crippen MR) is 98.8 cm³/mol. The summed E-state index contributed by atoms with van der Waals surface area (Å²) in [5.41, 5.74) is 0.655. The quantitative estimate of drug-likeness (QED) is 0.264. The molecule has 0 radical (unpaired) electrons. The Labute approximate surface area is 155 Å². The third-order valence-electron chi connectivity index (χ3n) is 3.21. The molecule has 0 bridgehead atoms. The van der Waals surface area contributed by atoms with Crippen LogP contribution in [0.1, 0.15) is 15.9 Å². The first kappa shape index (κ1) is 17.6. The zero-order valence-electron chi connectivity index (χ0n) is 12.9. The van der Waals surface area contributed by atoms with Crippen molar-refractivity contribution in [2.45, 2.75) is 13.6 Å². The molecule has 0 aliphatic heterocycles. The zero-order valence-corrected chi connectivity index (χ0v) is 15.4. The van der Waals surface area contributed by atoms with Crippen LogP contribution in [0.5, 0.6) is 0 Å². The zero-order chi connectivity index (χ0) is 17.8. The second-order valence-electron chi connectivity index (χ2n) is 4.77. The van der Waals surface area contributed by atoms with E-state index in [4.69, 9.17) is 0 Å². The Morgan fingerprint density at radius 3 is 2.44 bits per heavy atom. The number of benzene rings is 2. The second kappa shape index (κ2) is 7.77. The van der Waals surface area contributed by atoms with Gasteiger partial charge in [-0.05, 0) is 18.4 Å². The van der Waals surface area contributed by atoms with Gasteiger partial charge >= 0.3 is 0 Å². The number of rotatable bonds is 6. The Hall–Kier alpha value is -2.23. The van der Waals surface area contributed by atoms with Crippen molar-refractivity contribution in [1.29, 1.82) is 0 Å². The van der Waals surface area contributed by atoms with E-state index in [-0.39, 0.29) is 17.0 Å². The number of carbonyl (C=O) groups excluding carboxylic acids is 1. The fraction of sp³-hybridized carbons (Fsp3) is 0.0625. The highest BCUT2D eigenvalue weighted by atomic mass is 32.2. The van der Waals surface area contributed by atoms with Gasteiger partial charge in [-0.2, -0.15) is 0 Å². The first-order valence-electron chi connectivity index (χ1n) is 7.02. The highest BCUT2D eigenvalue weighted by molar-refractivity contribution is 8.03. The molecule has 0 saturated heterocycles. The van der Waals surface area contributed by atoms with Gasteiger partial charge in [-0.15, -0.1) is 10.2 Å². The van der Waals surface area contributed by atoms with Gasteiger partial charge in [0.25, 0.3) is 5.69 Å². The predicted octanol–water partition coefficient (Wildman–Crippen LogP) is 4.55. The molecule has 3 aromatic rings. The van der Waals surface area contributed by atoms with E-state index in [2.05, 4.69) is 10.2 Å². The first-order chi connectivity index (χ1) is 12.1. The molecule has 0 aliphatic rings. The summed E-state index contributed by atoms with van der Waals surface area (Å²) >= 11 is 4.01. The molecule has 126 valence electrons. The first-order valence-corrected chi connectivity index (χ1v) is 9.88. The van der Waals surface area contributed by atoms with Crippen LogP contribution in [0.15, 0.2) is 62.1 Å². The lowest BCUT2D eigenvalue weighted by Crippen LogP contribution is -2.02. The van der Waals surface area contributed by atoms with Crippen LogP contribution >= 0.6 is 34.9 Å². The van der Waals surface area contributed by atoms with E-state index in [0.29, 0.717) is 14.8 Å². The van der Waals surface area contributed by atoms with E-state index in [1.807, 2.05) is 12.3 Å². The van der Waals surface area contributed by atoms with Crippen LogP contribution in [-0.4, -0.2) is 27.2 Å². The largest absolute Gasteiger partial charge is 0.289 e. The molecule has 1 aromatic heterocycles. The Balaban J connectivity index is 1.93. The van der Waals surface area contributed by atoms with Crippen molar-refractivity contribution < 1.29 is 9.72 Å². The molecule has 0 fully saturated rings. The van der Waals surface area contributed by atoms with Crippen LogP contribution < -0.4 is 0 Å². The summed E-state index contributed by atoms with van der Waals surface area (Å²) in [7, 11) is 0. The molecule has 25 heavy (non-hydrogen) atoms. The second-order valence-corrected chi connectivity index (χ2v) is 8.09. The van der Waals surface area contributed by atoms with E-state index >= 15 is 0 Å². The lowest BCUT2D eigenvalue weighted by molar-refractivity contribution is -0.387. The smallest absolute Gasteiger partial charge is 0.284 e. The lowest BCUT2D eigenvalue weighted by atomic mass is 10.0. The van der Waals surface area contributed by atoms with Crippen molar-refractivity contribution in [3.05, 3.63) is 69.8 Å². The maximum absolute atomic E-state index is 12.5. The summed E-state index contributed by atoms with van der Waals surface area (Å²) in [6, 6.07) is 13.2. The third-order valence-corrected chi connectivity index (χ3v) is 6.23. The minimum atomic E-state index is -0.485. The monoisotopic (exact) mass is 389 g/mol. The molecule has 0 spiro atoms. The van der Waals surface area contributed by atoms with E-state index in [0.717, 1.165) is 4.34 Å². The standard InChI is InChI=1S/C16H11N3O3S3/c1-23-15-17-18-16(25-15)24-13-8-7-11(9-12(13)19(21)22)14(20)10-5-3-2-4-6-10/h2-9H,1H3. The van der Waals surface area contributed by atoms with Gasteiger partial charge in [0, 0.05) is 17.2 Å². The Morgan fingerprint density at radius 1 is 1.08 bits per heavy atom. The van der Waals surface area contributed by atoms with Crippen LogP contribution in [0.4, 0.5) is 5.69 Å². The van der Waals surface area contributed by atoms with Gasteiger partial charge in [0.15, 0.2) is 14.5 Å². The van der Waals surface area contributed by atoms with Gasteiger partial charge < -0.3 is 0 Å². The molecule has 0 aliphatic carbocycles. The van der Waals surface area contributed by atoms with Crippen molar-refractivity contribution in [2.24, 2.45) is 0 Å². The summed E-state index contributed by atoms with van der Waals surface area (Å²) in [5.74, 6) is -0.249. The fourth-order valence-corrected chi connectivity index (χ4v) is 4.54. The number of ketones is 1. The summed E-state index contributed by atoms with van der Waals surface area (Å²) in [4.78, 5) is 23.9. The molecular weight excluding hydrogens is 378 g/mol. The van der Waals surface area contributed by atoms with Crippen molar-refractivity contribution in [2.75, 3.05) is 6.26 Å². The molecule has 0 unspecified atom stereocenters.